The number of ether oxygens (including phenoxy) is 3. The van der Waals surface area contributed by atoms with Crippen molar-refractivity contribution in [3.8, 4) is 17.2 Å². The lowest BCUT2D eigenvalue weighted by Crippen LogP contribution is -2.39. The van der Waals surface area contributed by atoms with Crippen LogP contribution in [0.15, 0.2) is 23.7 Å². The van der Waals surface area contributed by atoms with Gasteiger partial charge in [-0.1, -0.05) is 0 Å². The van der Waals surface area contributed by atoms with Crippen molar-refractivity contribution < 1.29 is 19.0 Å². The van der Waals surface area contributed by atoms with E-state index in [1.807, 2.05) is 37.2 Å². The number of hydrogen-bond donors (Lipinski definition) is 0. The molecule has 0 bridgehead atoms. The number of rotatable bonds is 8. The lowest BCUT2D eigenvalue weighted by atomic mass is 9.98. The summed E-state index contributed by atoms with van der Waals surface area (Å²) in [5.74, 6) is 1.95. The zero-order valence-corrected chi connectivity index (χ0v) is 17.6. The van der Waals surface area contributed by atoms with Crippen molar-refractivity contribution in [1.29, 1.82) is 0 Å². The average molecular weight is 405 g/mol. The molecule has 1 aromatic carbocycles. The predicted molar refractivity (Wildman–Crippen MR) is 110 cm³/mol. The summed E-state index contributed by atoms with van der Waals surface area (Å²) in [4.78, 5) is 19.6. The molecule has 28 heavy (non-hydrogen) atoms. The van der Waals surface area contributed by atoms with E-state index in [1.165, 1.54) is 0 Å². The van der Waals surface area contributed by atoms with Gasteiger partial charge in [0.05, 0.1) is 24.8 Å². The van der Waals surface area contributed by atoms with Crippen molar-refractivity contribution >= 4 is 17.2 Å². The van der Waals surface area contributed by atoms with Crippen molar-refractivity contribution in [2.75, 3.05) is 32.9 Å². The normalized spacial score (nSPS) is 16.7. The van der Waals surface area contributed by atoms with Gasteiger partial charge in [-0.3, -0.25) is 4.79 Å². The summed E-state index contributed by atoms with van der Waals surface area (Å²) in [6.45, 7) is 8.64. The molecule has 3 rings (SSSR count). The van der Waals surface area contributed by atoms with Gasteiger partial charge in [0.25, 0.3) is 5.91 Å². The Morgan fingerprint density at radius 3 is 2.39 bits per heavy atom. The Morgan fingerprint density at radius 2 is 1.82 bits per heavy atom. The van der Waals surface area contributed by atoms with Gasteiger partial charge in [0, 0.05) is 36.1 Å². The first-order valence-corrected chi connectivity index (χ1v) is 10.8. The number of likely N-dealkylation sites (tertiary alicyclic amines) is 1. The molecule has 152 valence electrons. The number of piperidine rings is 1. The zero-order chi connectivity index (χ0) is 19.9. The van der Waals surface area contributed by atoms with Crippen LogP contribution in [0.1, 0.15) is 54.9 Å². The Labute approximate surface area is 170 Å². The van der Waals surface area contributed by atoms with Gasteiger partial charge < -0.3 is 19.1 Å². The molecule has 6 nitrogen and oxygen atoms in total. The third-order valence-corrected chi connectivity index (χ3v) is 5.60. The first-order valence-electron chi connectivity index (χ1n) is 9.92. The predicted octanol–water partition coefficient (Wildman–Crippen LogP) is 4.36. The Balaban J connectivity index is 1.87. The lowest BCUT2D eigenvalue weighted by Gasteiger charge is -2.32. The summed E-state index contributed by atoms with van der Waals surface area (Å²) in [6, 6.07) is 3.54. The van der Waals surface area contributed by atoms with Crippen LogP contribution in [0.25, 0.3) is 0 Å². The molecule has 2 heterocycles. The number of benzene rings is 1. The van der Waals surface area contributed by atoms with Gasteiger partial charge in [-0.15, -0.1) is 11.3 Å². The monoisotopic (exact) mass is 404 g/mol. The average Bonchev–Trinajstić information content (AvgIpc) is 3.25. The van der Waals surface area contributed by atoms with Crippen LogP contribution in [0.5, 0.6) is 17.2 Å². The molecular weight excluding hydrogens is 376 g/mol. The number of carbonyl (C=O) groups is 1. The van der Waals surface area contributed by atoms with Crippen LogP contribution in [-0.2, 0) is 0 Å². The second-order valence-electron chi connectivity index (χ2n) is 6.56. The molecule has 1 fully saturated rings. The van der Waals surface area contributed by atoms with Crippen LogP contribution in [0, 0.1) is 0 Å². The number of amides is 1. The van der Waals surface area contributed by atoms with E-state index in [-0.39, 0.29) is 5.91 Å². The largest absolute Gasteiger partial charge is 0.490 e. The van der Waals surface area contributed by atoms with Crippen LogP contribution in [0.3, 0.4) is 0 Å². The van der Waals surface area contributed by atoms with E-state index >= 15 is 0 Å². The van der Waals surface area contributed by atoms with E-state index < -0.39 is 0 Å². The minimum Gasteiger partial charge on any atom is -0.490 e. The van der Waals surface area contributed by atoms with Crippen molar-refractivity contribution in [3.05, 3.63) is 34.3 Å². The maximum absolute atomic E-state index is 13.3. The molecular formula is C21H28N2O4S. The van der Waals surface area contributed by atoms with Gasteiger partial charge >= 0.3 is 0 Å². The Morgan fingerprint density at radius 1 is 1.14 bits per heavy atom. The van der Waals surface area contributed by atoms with Crippen LogP contribution in [-0.4, -0.2) is 48.7 Å². The fraction of sp³-hybridized carbons (Fsp3) is 0.524. The Kier molecular flexibility index (Phi) is 7.14. The quantitative estimate of drug-likeness (QED) is 0.654. The molecule has 1 aliphatic heterocycles. The third-order valence-electron chi connectivity index (χ3n) is 4.67. The van der Waals surface area contributed by atoms with E-state index in [9.17, 15) is 4.79 Å². The minimum atomic E-state index is -0.00814. The van der Waals surface area contributed by atoms with Crippen LogP contribution in [0.4, 0.5) is 0 Å². The molecule has 0 radical (unpaired) electrons. The van der Waals surface area contributed by atoms with Crippen molar-refractivity contribution in [2.45, 2.75) is 39.5 Å². The van der Waals surface area contributed by atoms with Gasteiger partial charge in [-0.2, -0.15) is 0 Å². The molecule has 1 saturated heterocycles. The highest BCUT2D eigenvalue weighted by Crippen LogP contribution is 2.40. The fourth-order valence-corrected chi connectivity index (χ4v) is 4.26. The molecule has 1 amide bonds. The van der Waals surface area contributed by atoms with E-state index in [2.05, 4.69) is 4.98 Å². The summed E-state index contributed by atoms with van der Waals surface area (Å²) in [6.07, 6.45) is 3.87. The Hall–Kier alpha value is -2.28. The molecule has 1 atom stereocenters. The second-order valence-corrected chi connectivity index (χ2v) is 7.49. The van der Waals surface area contributed by atoms with Crippen LogP contribution < -0.4 is 14.2 Å². The number of hydrogen-bond acceptors (Lipinski definition) is 6. The fourth-order valence-electron chi connectivity index (χ4n) is 3.49. The highest BCUT2D eigenvalue weighted by Gasteiger charge is 2.28. The van der Waals surface area contributed by atoms with Crippen LogP contribution in [0.2, 0.25) is 0 Å². The maximum Gasteiger partial charge on any atom is 0.254 e. The molecule has 1 unspecified atom stereocenters. The first-order chi connectivity index (χ1) is 13.7. The highest BCUT2D eigenvalue weighted by atomic mass is 32.1. The number of nitrogens with zero attached hydrogens (tertiary/aromatic N) is 2. The standard InChI is InChI=1S/C21H28N2O4S/c1-4-25-17-12-16(13-18(26-5-2)19(17)27-6-3)21(24)23-10-7-8-15(14-23)20-22-9-11-28-20/h9,11-13,15H,4-8,10,14H2,1-3H3. The molecule has 0 aliphatic carbocycles. The topological polar surface area (TPSA) is 60.9 Å². The summed E-state index contributed by atoms with van der Waals surface area (Å²) in [5.41, 5.74) is 0.565. The summed E-state index contributed by atoms with van der Waals surface area (Å²) < 4.78 is 17.2. The molecule has 0 spiro atoms. The Bertz CT molecular complexity index is 752. The van der Waals surface area contributed by atoms with Crippen molar-refractivity contribution in [3.63, 3.8) is 0 Å². The molecule has 1 aliphatic rings. The van der Waals surface area contributed by atoms with Gasteiger partial charge in [0.2, 0.25) is 5.75 Å². The van der Waals surface area contributed by atoms with Crippen molar-refractivity contribution in [1.82, 2.24) is 9.88 Å². The molecule has 1 aromatic heterocycles. The molecule has 2 aromatic rings. The first kappa shape index (κ1) is 20.5. The van der Waals surface area contributed by atoms with Gasteiger partial charge in [-0.25, -0.2) is 4.98 Å². The number of thiazole rings is 1. The SMILES string of the molecule is CCOc1cc(C(=O)N2CCCC(c3nccs3)C2)cc(OCC)c1OCC. The van der Waals surface area contributed by atoms with E-state index in [4.69, 9.17) is 14.2 Å². The summed E-state index contributed by atoms with van der Waals surface area (Å²) in [7, 11) is 0. The molecule has 0 N–H and O–H groups in total. The smallest absolute Gasteiger partial charge is 0.254 e. The number of carbonyl (C=O) groups excluding carboxylic acids is 1. The van der Waals surface area contributed by atoms with E-state index in [0.29, 0.717) is 55.1 Å². The van der Waals surface area contributed by atoms with E-state index in [0.717, 1.165) is 24.4 Å². The lowest BCUT2D eigenvalue weighted by molar-refractivity contribution is 0.0706. The maximum atomic E-state index is 13.3. The molecule has 0 saturated carbocycles. The van der Waals surface area contributed by atoms with Gasteiger partial charge in [-0.05, 0) is 45.7 Å². The molecule has 7 heteroatoms. The summed E-state index contributed by atoms with van der Waals surface area (Å²) >= 11 is 1.66. The van der Waals surface area contributed by atoms with Gasteiger partial charge in [0.1, 0.15) is 0 Å². The summed E-state index contributed by atoms with van der Waals surface area (Å²) in [5, 5.41) is 3.10. The number of aromatic nitrogens is 1. The van der Waals surface area contributed by atoms with Crippen LogP contribution >= 0.6 is 11.3 Å². The zero-order valence-electron chi connectivity index (χ0n) is 16.8. The highest BCUT2D eigenvalue weighted by molar-refractivity contribution is 7.09. The second kappa shape index (κ2) is 9.78. The third kappa shape index (κ3) is 4.58. The van der Waals surface area contributed by atoms with E-state index in [1.54, 1.807) is 23.5 Å². The van der Waals surface area contributed by atoms with Crippen molar-refractivity contribution in [2.24, 2.45) is 0 Å². The van der Waals surface area contributed by atoms with Gasteiger partial charge in [0.15, 0.2) is 11.5 Å². The minimum absolute atomic E-state index is 0.00814.